The molecule has 258 valence electrons. The summed E-state index contributed by atoms with van der Waals surface area (Å²) < 4.78 is 54.3. The third-order valence-corrected chi connectivity index (χ3v) is 13.4. The van der Waals surface area contributed by atoms with Crippen LogP contribution in [0, 0.1) is 17.3 Å². The van der Waals surface area contributed by atoms with Gasteiger partial charge >= 0.3 is 6.09 Å². The fraction of sp³-hybridized carbons (Fsp3) is 0.600. The van der Waals surface area contributed by atoms with Crippen LogP contribution in [-0.2, 0) is 30.7 Å². The molecule has 3 heterocycles. The Bertz CT molecular complexity index is 1750. The highest BCUT2D eigenvalue weighted by Gasteiger charge is 2.53. The Morgan fingerprint density at radius 3 is 2.71 bits per heavy atom. The maximum absolute atomic E-state index is 14.3. The lowest BCUT2D eigenvalue weighted by Crippen LogP contribution is -2.48. The normalized spacial score (nSPS) is 27.6. The van der Waals surface area contributed by atoms with Gasteiger partial charge in [0.2, 0.25) is 10.0 Å². The van der Waals surface area contributed by atoms with E-state index in [0.29, 0.717) is 38.0 Å². The van der Waals surface area contributed by atoms with Crippen LogP contribution < -0.4 is 15.4 Å². The third-order valence-electron chi connectivity index (χ3n) is 10.6. The highest BCUT2D eigenvalue weighted by atomic mass is 32.2. The molecule has 5 aliphatic rings. The number of methoxy groups -OCH3 is 1. The summed E-state index contributed by atoms with van der Waals surface area (Å²) in [5.74, 6) is 1.24. The molecule has 2 N–H and O–H groups in total. The Morgan fingerprint density at radius 2 is 1.96 bits per heavy atom. The number of hydrogen-bond acceptors (Lipinski definition) is 10. The number of nitrogens with zero attached hydrogens (tertiary/aromatic N) is 2. The van der Waals surface area contributed by atoms with Gasteiger partial charge in [0.05, 0.1) is 34.9 Å². The predicted octanol–water partition coefficient (Wildman–Crippen LogP) is 5.55. The topological polar surface area (TPSA) is 128 Å². The second kappa shape index (κ2) is 12.7. The van der Waals surface area contributed by atoms with Gasteiger partial charge in [-0.05, 0) is 92.7 Å². The summed E-state index contributed by atoms with van der Waals surface area (Å²) in [6, 6.07) is 13.0. The first-order chi connectivity index (χ1) is 23.1. The number of fused-ring (bicyclic) bond motifs is 3. The minimum absolute atomic E-state index is 0.0534. The van der Waals surface area contributed by atoms with E-state index in [1.54, 1.807) is 29.6 Å². The molecule has 48 heavy (non-hydrogen) atoms. The van der Waals surface area contributed by atoms with Gasteiger partial charge in [-0.3, -0.25) is 0 Å². The van der Waals surface area contributed by atoms with E-state index in [1.807, 2.05) is 24.3 Å². The van der Waals surface area contributed by atoms with Gasteiger partial charge in [0.25, 0.3) is 0 Å². The monoisotopic (exact) mass is 696 g/mol. The Hall–Kier alpha value is -2.97. The smallest absolute Gasteiger partial charge is 0.407 e. The van der Waals surface area contributed by atoms with Crippen LogP contribution in [0.25, 0.3) is 10.2 Å². The number of amides is 1. The summed E-state index contributed by atoms with van der Waals surface area (Å²) in [6.45, 7) is 3.35. The molecule has 2 aromatic carbocycles. The molecule has 5 fully saturated rings. The van der Waals surface area contributed by atoms with Gasteiger partial charge in [-0.2, -0.15) is 4.31 Å². The molecule has 0 radical (unpaired) electrons. The minimum atomic E-state index is -3.83. The summed E-state index contributed by atoms with van der Waals surface area (Å²) in [6.07, 6.45) is 5.74. The van der Waals surface area contributed by atoms with Crippen molar-refractivity contribution in [2.75, 3.05) is 32.1 Å². The Kier molecular flexibility index (Phi) is 8.55. The number of rotatable bonds is 14. The fourth-order valence-electron chi connectivity index (χ4n) is 7.38. The molecule has 11 nitrogen and oxygen atoms in total. The summed E-state index contributed by atoms with van der Waals surface area (Å²) in [5.41, 5.74) is 1.74. The molecule has 0 spiro atoms. The minimum Gasteiger partial charge on any atom is -0.497 e. The zero-order valence-electron chi connectivity index (χ0n) is 27.4. The van der Waals surface area contributed by atoms with Gasteiger partial charge in [-0.1, -0.05) is 30.4 Å². The standard InChI is InChI=1S/C35H44N4O7S2/c1-35(12-13-35)20-39(48(41,42)27-9-10-28-30(18-27)47-33(38-28)36-24-5-6-24)14-11-25(15-21-3-7-26(43-2)8-4-21)37-34(40)46-31-23-16-22-17-29(31)45-32(22)44-19-23/h3-4,7-10,18,22-25,29,31-32H,5-6,11-17,19-20H2,1-2H3,(H,36,38)(H,37,40)/t22?,23?,25-,29?,31?,32?/m1/s1. The van der Waals surface area contributed by atoms with E-state index in [2.05, 4.69) is 22.5 Å². The second-order valence-corrected chi connectivity index (χ2v) is 17.6. The van der Waals surface area contributed by atoms with Gasteiger partial charge in [0.1, 0.15) is 11.9 Å². The summed E-state index contributed by atoms with van der Waals surface area (Å²) in [5, 5.41) is 7.36. The molecule has 3 aliphatic carbocycles. The van der Waals surface area contributed by atoms with Crippen LogP contribution in [0.5, 0.6) is 5.75 Å². The largest absolute Gasteiger partial charge is 0.497 e. The quantitative estimate of drug-likeness (QED) is 0.223. The van der Waals surface area contributed by atoms with Crippen molar-refractivity contribution in [3.8, 4) is 5.75 Å². The second-order valence-electron chi connectivity index (χ2n) is 14.6. The van der Waals surface area contributed by atoms with Gasteiger partial charge in [0, 0.05) is 37.0 Å². The lowest BCUT2D eigenvalue weighted by molar-refractivity contribution is -0.153. The molecule has 2 saturated heterocycles. The maximum atomic E-state index is 14.3. The number of nitrogens with one attached hydrogen (secondary N) is 2. The van der Waals surface area contributed by atoms with Gasteiger partial charge in [-0.25, -0.2) is 18.2 Å². The zero-order chi connectivity index (χ0) is 33.0. The molecule has 5 unspecified atom stereocenters. The molecular formula is C35H44N4O7S2. The SMILES string of the molecule is COc1ccc(C[C@@H](CCN(CC2(C)CC2)S(=O)(=O)c2ccc3nc(NC4CC4)sc3c2)NC(=O)OC2C3COC4OC2CC4C3)cc1. The van der Waals surface area contributed by atoms with Crippen LogP contribution in [0.2, 0.25) is 0 Å². The number of alkyl carbamates (subject to hydrolysis) is 1. The van der Waals surface area contributed by atoms with Crippen molar-refractivity contribution in [1.29, 1.82) is 0 Å². The van der Waals surface area contributed by atoms with Crippen molar-refractivity contribution in [3.05, 3.63) is 48.0 Å². The van der Waals surface area contributed by atoms with Crippen LogP contribution in [0.15, 0.2) is 47.4 Å². The number of aromatic nitrogens is 1. The summed E-state index contributed by atoms with van der Waals surface area (Å²) >= 11 is 1.49. The highest BCUT2D eigenvalue weighted by Crippen LogP contribution is 2.47. The zero-order valence-corrected chi connectivity index (χ0v) is 29.1. The molecule has 2 aliphatic heterocycles. The number of hydrogen-bond donors (Lipinski definition) is 2. The number of benzene rings is 2. The molecule has 6 atom stereocenters. The first-order valence-corrected chi connectivity index (χ1v) is 19.4. The van der Waals surface area contributed by atoms with E-state index in [1.165, 1.54) is 11.3 Å². The predicted molar refractivity (Wildman–Crippen MR) is 182 cm³/mol. The van der Waals surface area contributed by atoms with Gasteiger partial charge in [0.15, 0.2) is 11.4 Å². The summed E-state index contributed by atoms with van der Waals surface area (Å²) in [7, 11) is -2.20. The Labute approximate surface area is 285 Å². The number of anilines is 1. The van der Waals surface area contributed by atoms with Gasteiger partial charge < -0.3 is 29.6 Å². The first kappa shape index (κ1) is 32.2. The van der Waals surface area contributed by atoms with Crippen LogP contribution in [0.3, 0.4) is 0 Å². The van der Waals surface area contributed by atoms with E-state index in [-0.39, 0.29) is 47.3 Å². The lowest BCUT2D eigenvalue weighted by atomic mass is 9.78. The molecule has 3 saturated carbocycles. The van der Waals surface area contributed by atoms with Crippen molar-refractivity contribution in [2.24, 2.45) is 17.3 Å². The van der Waals surface area contributed by atoms with Crippen LogP contribution in [0.1, 0.15) is 57.4 Å². The molecule has 1 aromatic heterocycles. The molecule has 3 aromatic rings. The number of sulfonamides is 1. The van der Waals surface area contributed by atoms with E-state index < -0.39 is 16.1 Å². The van der Waals surface area contributed by atoms with Crippen LogP contribution >= 0.6 is 11.3 Å². The average molecular weight is 697 g/mol. The van der Waals surface area contributed by atoms with Crippen LogP contribution in [-0.4, -0.2) is 81.2 Å². The van der Waals surface area contributed by atoms with Crippen LogP contribution in [0.4, 0.5) is 9.93 Å². The summed E-state index contributed by atoms with van der Waals surface area (Å²) in [4.78, 5) is 18.4. The average Bonchev–Trinajstić information content (AvgIpc) is 3.97. The highest BCUT2D eigenvalue weighted by molar-refractivity contribution is 7.89. The van der Waals surface area contributed by atoms with Crippen molar-refractivity contribution in [3.63, 3.8) is 0 Å². The van der Waals surface area contributed by atoms with Crippen molar-refractivity contribution in [1.82, 2.24) is 14.6 Å². The van der Waals surface area contributed by atoms with Crippen molar-refractivity contribution < 1.29 is 32.2 Å². The molecular weight excluding hydrogens is 653 g/mol. The molecule has 1 amide bonds. The molecule has 8 rings (SSSR count). The first-order valence-electron chi connectivity index (χ1n) is 17.2. The fourth-order valence-corrected chi connectivity index (χ4v) is 10.1. The maximum Gasteiger partial charge on any atom is 0.407 e. The third kappa shape index (κ3) is 6.89. The molecule has 13 heteroatoms. The van der Waals surface area contributed by atoms with E-state index >= 15 is 0 Å². The number of carbonyl (C=O) groups is 1. The van der Waals surface area contributed by atoms with E-state index in [0.717, 1.165) is 65.2 Å². The Balaban J connectivity index is 1.00. The van der Waals surface area contributed by atoms with Crippen molar-refractivity contribution >= 4 is 42.8 Å². The van der Waals surface area contributed by atoms with Gasteiger partial charge in [-0.15, -0.1) is 0 Å². The van der Waals surface area contributed by atoms with E-state index in [9.17, 15) is 13.2 Å². The van der Waals surface area contributed by atoms with Crippen molar-refractivity contribution in [2.45, 2.75) is 93.8 Å². The lowest BCUT2D eigenvalue weighted by Gasteiger charge is -2.36. The Morgan fingerprint density at radius 1 is 1.15 bits per heavy atom. The molecule has 3 bridgehead atoms. The number of carbonyl (C=O) groups excluding carboxylic acids is 1. The van der Waals surface area contributed by atoms with E-state index in [4.69, 9.17) is 18.9 Å². The number of ether oxygens (including phenoxy) is 4. The number of thiazole rings is 1.